The van der Waals surface area contributed by atoms with Crippen molar-refractivity contribution in [3.8, 4) is 0 Å². The molecular formula is C19H28N4O4Si. The number of carbonyl (C=O) groups excluding carboxylic acids is 1. The molecule has 1 N–H and O–H groups in total. The van der Waals surface area contributed by atoms with Crippen molar-refractivity contribution in [2.24, 2.45) is 5.92 Å². The average molecular weight is 405 g/mol. The molecule has 1 amide bonds. The van der Waals surface area contributed by atoms with Crippen LogP contribution < -0.4 is 0 Å². The number of aromatic nitrogens is 3. The Morgan fingerprint density at radius 1 is 1.32 bits per heavy atom. The lowest BCUT2D eigenvalue weighted by Crippen LogP contribution is -2.41. The fourth-order valence-corrected chi connectivity index (χ4v) is 4.16. The van der Waals surface area contributed by atoms with Crippen molar-refractivity contribution in [2.45, 2.75) is 45.3 Å². The number of carbonyl (C=O) groups is 2. The molecule has 1 unspecified atom stereocenters. The van der Waals surface area contributed by atoms with Gasteiger partial charge in [0.25, 0.3) is 0 Å². The number of rotatable bonds is 7. The van der Waals surface area contributed by atoms with E-state index in [0.29, 0.717) is 49.5 Å². The van der Waals surface area contributed by atoms with Crippen molar-refractivity contribution in [3.63, 3.8) is 0 Å². The number of ketones is 1. The van der Waals surface area contributed by atoms with Crippen LogP contribution in [-0.4, -0.2) is 64.2 Å². The normalized spacial score (nSPS) is 17.8. The number of ether oxygens (including phenoxy) is 1. The van der Waals surface area contributed by atoms with Crippen molar-refractivity contribution >= 4 is 31.0 Å². The summed E-state index contributed by atoms with van der Waals surface area (Å²) in [6, 6.07) is 2.93. The van der Waals surface area contributed by atoms with Crippen LogP contribution in [-0.2, 0) is 11.5 Å². The quantitative estimate of drug-likeness (QED) is 0.432. The number of hydrogen-bond donors (Lipinski definition) is 1. The molecule has 2 aromatic heterocycles. The molecule has 28 heavy (non-hydrogen) atoms. The number of fused-ring (bicyclic) bond motifs is 1. The summed E-state index contributed by atoms with van der Waals surface area (Å²) >= 11 is 0. The van der Waals surface area contributed by atoms with Crippen molar-refractivity contribution < 1.29 is 19.4 Å². The molecule has 1 saturated heterocycles. The van der Waals surface area contributed by atoms with Crippen LogP contribution in [0.25, 0.3) is 11.0 Å². The molecule has 0 spiro atoms. The summed E-state index contributed by atoms with van der Waals surface area (Å²) in [5, 5.41) is 9.90. The number of likely N-dealkylation sites (tertiary alicyclic amines) is 1. The Labute approximate surface area is 165 Å². The van der Waals surface area contributed by atoms with Gasteiger partial charge in [-0.25, -0.2) is 14.8 Å². The molecule has 1 aliphatic rings. The standard InChI is InChI=1S/C19H28N4O4Si/c1-28(2,3)10-9-27-13-23-8-6-15-16(20-12-21-18(15)23)17(24)14-5-4-7-22(11-14)19(25)26/h6,8,12,14H,4-5,7,9-11,13H2,1-3H3,(H,25,26). The second-order valence-corrected chi connectivity index (χ2v) is 14.1. The minimum atomic E-state index is -1.14. The second-order valence-electron chi connectivity index (χ2n) is 8.53. The first-order valence-electron chi connectivity index (χ1n) is 9.66. The third-order valence-corrected chi connectivity index (χ3v) is 6.78. The summed E-state index contributed by atoms with van der Waals surface area (Å²) in [6.07, 6.45) is 3.63. The van der Waals surface area contributed by atoms with E-state index in [4.69, 9.17) is 4.74 Å². The first kappa shape index (κ1) is 20.5. The molecule has 2 aromatic rings. The van der Waals surface area contributed by atoms with E-state index in [-0.39, 0.29) is 18.2 Å². The molecule has 0 radical (unpaired) electrons. The zero-order valence-electron chi connectivity index (χ0n) is 16.7. The SMILES string of the molecule is C[Si](C)(C)CCOCn1ccc2c(C(=O)C3CCCN(C(=O)O)C3)ncnc21. The Hall–Kier alpha value is -2.26. The van der Waals surface area contributed by atoms with E-state index in [0.717, 1.165) is 6.04 Å². The molecule has 3 rings (SSSR count). The van der Waals surface area contributed by atoms with Crippen LogP contribution in [0.15, 0.2) is 18.6 Å². The van der Waals surface area contributed by atoms with Crippen LogP contribution in [0.5, 0.6) is 0 Å². The fraction of sp³-hybridized carbons (Fsp3) is 0.579. The molecule has 3 heterocycles. The van der Waals surface area contributed by atoms with Crippen molar-refractivity contribution in [1.82, 2.24) is 19.4 Å². The van der Waals surface area contributed by atoms with Crippen LogP contribution in [0.3, 0.4) is 0 Å². The third kappa shape index (κ3) is 4.77. The van der Waals surface area contributed by atoms with Gasteiger partial charge in [0, 0.05) is 45.3 Å². The van der Waals surface area contributed by atoms with Crippen LogP contribution in [0.1, 0.15) is 23.3 Å². The van der Waals surface area contributed by atoms with Crippen molar-refractivity contribution in [1.29, 1.82) is 0 Å². The molecule has 0 aromatic carbocycles. The van der Waals surface area contributed by atoms with Gasteiger partial charge in [0.1, 0.15) is 24.4 Å². The van der Waals surface area contributed by atoms with Gasteiger partial charge < -0.3 is 19.3 Å². The molecule has 9 heteroatoms. The Morgan fingerprint density at radius 3 is 2.82 bits per heavy atom. The highest BCUT2D eigenvalue weighted by Gasteiger charge is 2.30. The van der Waals surface area contributed by atoms with E-state index in [9.17, 15) is 14.7 Å². The maximum atomic E-state index is 13.0. The Morgan fingerprint density at radius 2 is 2.11 bits per heavy atom. The minimum Gasteiger partial charge on any atom is -0.465 e. The van der Waals surface area contributed by atoms with Gasteiger partial charge in [0.15, 0.2) is 5.78 Å². The van der Waals surface area contributed by atoms with Gasteiger partial charge >= 0.3 is 6.09 Å². The number of Topliss-reactive ketones (excluding diaryl/α,β-unsaturated/α-hetero) is 1. The maximum absolute atomic E-state index is 13.0. The minimum absolute atomic E-state index is 0.115. The Balaban J connectivity index is 1.73. The summed E-state index contributed by atoms with van der Waals surface area (Å²) in [5.41, 5.74) is 1.03. The first-order chi connectivity index (χ1) is 13.3. The summed E-state index contributed by atoms with van der Waals surface area (Å²) in [7, 11) is -1.14. The average Bonchev–Trinajstić information content (AvgIpc) is 3.07. The lowest BCUT2D eigenvalue weighted by atomic mass is 9.91. The highest BCUT2D eigenvalue weighted by molar-refractivity contribution is 6.76. The monoisotopic (exact) mass is 404 g/mol. The topological polar surface area (TPSA) is 97.5 Å². The largest absolute Gasteiger partial charge is 0.465 e. The third-order valence-electron chi connectivity index (χ3n) is 5.08. The smallest absolute Gasteiger partial charge is 0.407 e. The number of nitrogens with zero attached hydrogens (tertiary/aromatic N) is 4. The molecular weight excluding hydrogens is 376 g/mol. The second kappa shape index (κ2) is 8.40. The number of piperidine rings is 1. The zero-order valence-corrected chi connectivity index (χ0v) is 17.7. The molecule has 1 atom stereocenters. The molecule has 0 aliphatic carbocycles. The number of carboxylic acid groups (broad SMARTS) is 1. The Kier molecular flexibility index (Phi) is 6.14. The molecule has 8 nitrogen and oxygen atoms in total. The van der Waals surface area contributed by atoms with Gasteiger partial charge in [-0.15, -0.1) is 0 Å². The van der Waals surface area contributed by atoms with E-state index in [2.05, 4.69) is 29.6 Å². The summed E-state index contributed by atoms with van der Waals surface area (Å²) < 4.78 is 7.68. The van der Waals surface area contributed by atoms with Crippen LogP contribution in [0.4, 0.5) is 4.79 Å². The molecule has 1 fully saturated rings. The summed E-state index contributed by atoms with van der Waals surface area (Å²) in [6.45, 7) is 8.72. The van der Waals surface area contributed by atoms with E-state index < -0.39 is 14.2 Å². The van der Waals surface area contributed by atoms with Gasteiger partial charge in [0.2, 0.25) is 0 Å². The maximum Gasteiger partial charge on any atom is 0.407 e. The molecule has 0 saturated carbocycles. The van der Waals surface area contributed by atoms with E-state index in [1.165, 1.54) is 11.2 Å². The predicted molar refractivity (Wildman–Crippen MR) is 108 cm³/mol. The van der Waals surface area contributed by atoms with Gasteiger partial charge in [-0.1, -0.05) is 19.6 Å². The molecule has 152 valence electrons. The van der Waals surface area contributed by atoms with Gasteiger partial charge in [-0.05, 0) is 25.0 Å². The number of amides is 1. The van der Waals surface area contributed by atoms with Crippen LogP contribution >= 0.6 is 0 Å². The first-order valence-corrected chi connectivity index (χ1v) is 13.4. The van der Waals surface area contributed by atoms with Gasteiger partial charge in [-0.3, -0.25) is 4.79 Å². The van der Waals surface area contributed by atoms with Gasteiger partial charge in [0.05, 0.1) is 0 Å². The summed E-state index contributed by atoms with van der Waals surface area (Å²) in [5.74, 6) is -0.477. The van der Waals surface area contributed by atoms with Gasteiger partial charge in [-0.2, -0.15) is 0 Å². The highest BCUT2D eigenvalue weighted by Crippen LogP contribution is 2.24. The lowest BCUT2D eigenvalue weighted by molar-refractivity contribution is 0.0803. The lowest BCUT2D eigenvalue weighted by Gasteiger charge is -2.29. The van der Waals surface area contributed by atoms with E-state index >= 15 is 0 Å². The van der Waals surface area contributed by atoms with Crippen LogP contribution in [0.2, 0.25) is 25.7 Å². The van der Waals surface area contributed by atoms with E-state index in [1.807, 2.05) is 16.8 Å². The molecule has 1 aliphatic heterocycles. The number of hydrogen-bond acceptors (Lipinski definition) is 5. The summed E-state index contributed by atoms with van der Waals surface area (Å²) in [4.78, 5) is 34.1. The fourth-order valence-electron chi connectivity index (χ4n) is 3.40. The Bertz CT molecular complexity index is 861. The van der Waals surface area contributed by atoms with Crippen molar-refractivity contribution in [2.75, 3.05) is 19.7 Å². The van der Waals surface area contributed by atoms with Crippen molar-refractivity contribution in [3.05, 3.63) is 24.3 Å². The zero-order chi connectivity index (χ0) is 20.3. The highest BCUT2D eigenvalue weighted by atomic mass is 28.3. The van der Waals surface area contributed by atoms with Crippen LogP contribution in [0, 0.1) is 5.92 Å². The predicted octanol–water partition coefficient (Wildman–Crippen LogP) is 3.32. The van der Waals surface area contributed by atoms with E-state index in [1.54, 1.807) is 0 Å². The molecule has 0 bridgehead atoms.